The zero-order chi connectivity index (χ0) is 24.8. The molecule has 0 spiro atoms. The largest absolute Gasteiger partial charge is 0.390 e. The molecule has 2 aromatic rings. The third-order valence-electron chi connectivity index (χ3n) is 6.86. The molecule has 1 aliphatic rings. The van der Waals surface area contributed by atoms with Crippen LogP contribution in [0, 0.1) is 11.6 Å². The lowest BCUT2D eigenvalue weighted by molar-refractivity contribution is -0.0192. The predicted octanol–water partition coefficient (Wildman–Crippen LogP) is 5.52. The van der Waals surface area contributed by atoms with Crippen molar-refractivity contribution in [3.05, 3.63) is 70.8 Å². The van der Waals surface area contributed by atoms with Crippen molar-refractivity contribution in [2.75, 3.05) is 13.2 Å². The minimum absolute atomic E-state index is 0.0537. The fourth-order valence-electron chi connectivity index (χ4n) is 4.88. The average Bonchev–Trinajstić information content (AvgIpc) is 2.79. The molecule has 0 amide bonds. The lowest BCUT2D eigenvalue weighted by Gasteiger charge is -2.41. The highest BCUT2D eigenvalue weighted by Crippen LogP contribution is 2.38. The van der Waals surface area contributed by atoms with Gasteiger partial charge in [0.25, 0.3) is 0 Å². The van der Waals surface area contributed by atoms with Crippen LogP contribution >= 0.6 is 0 Å². The van der Waals surface area contributed by atoms with Crippen molar-refractivity contribution in [2.45, 2.75) is 89.3 Å². The topological polar surface area (TPSA) is 53.5 Å². The Morgan fingerprint density at radius 2 is 1.71 bits per heavy atom. The van der Waals surface area contributed by atoms with E-state index in [-0.39, 0.29) is 17.4 Å². The maximum absolute atomic E-state index is 13.7. The van der Waals surface area contributed by atoms with E-state index in [9.17, 15) is 13.9 Å². The molecule has 188 valence electrons. The van der Waals surface area contributed by atoms with Crippen molar-refractivity contribution in [1.82, 2.24) is 10.8 Å². The molecule has 1 unspecified atom stereocenters. The van der Waals surface area contributed by atoms with Gasteiger partial charge >= 0.3 is 0 Å². The van der Waals surface area contributed by atoms with Crippen LogP contribution in [0.5, 0.6) is 0 Å². The Hall–Kier alpha value is -1.86. The summed E-state index contributed by atoms with van der Waals surface area (Å²) >= 11 is 0. The SMILES string of the molecule is CCONC(Cc1cc(F)cc(F)c1)[C@H](O)CNC1(c2cccc(C(C)(C)C)c2)CCCCC1. The van der Waals surface area contributed by atoms with Gasteiger partial charge < -0.3 is 15.3 Å². The number of aliphatic hydroxyl groups is 1. The average molecular weight is 475 g/mol. The molecule has 2 aromatic carbocycles. The van der Waals surface area contributed by atoms with Gasteiger partial charge in [0, 0.05) is 18.2 Å². The molecule has 1 fully saturated rings. The van der Waals surface area contributed by atoms with Crippen LogP contribution in [0.15, 0.2) is 42.5 Å². The molecular formula is C28H40F2N2O2. The number of rotatable bonds is 10. The minimum atomic E-state index is -0.817. The lowest BCUT2D eigenvalue weighted by atomic mass is 9.74. The maximum atomic E-state index is 13.7. The summed E-state index contributed by atoms with van der Waals surface area (Å²) < 4.78 is 27.4. The molecule has 0 heterocycles. The van der Waals surface area contributed by atoms with Crippen molar-refractivity contribution in [3.8, 4) is 0 Å². The zero-order valence-electron chi connectivity index (χ0n) is 21.0. The second-order valence-electron chi connectivity index (χ2n) is 10.6. The van der Waals surface area contributed by atoms with Crippen molar-refractivity contribution < 1.29 is 18.7 Å². The fraction of sp³-hybridized carbons (Fsp3) is 0.571. The fourth-order valence-corrected chi connectivity index (χ4v) is 4.88. The summed E-state index contributed by atoms with van der Waals surface area (Å²) in [6.07, 6.45) is 4.91. The first kappa shape index (κ1) is 26.7. The van der Waals surface area contributed by atoms with Gasteiger partial charge in [0.05, 0.1) is 18.8 Å². The van der Waals surface area contributed by atoms with Gasteiger partial charge in [-0.2, -0.15) is 5.48 Å². The van der Waals surface area contributed by atoms with Crippen molar-refractivity contribution in [1.29, 1.82) is 0 Å². The van der Waals surface area contributed by atoms with Gasteiger partial charge in [-0.3, -0.25) is 0 Å². The van der Waals surface area contributed by atoms with E-state index < -0.39 is 23.8 Å². The summed E-state index contributed by atoms with van der Waals surface area (Å²) in [4.78, 5) is 5.38. The van der Waals surface area contributed by atoms with E-state index in [4.69, 9.17) is 4.84 Å². The van der Waals surface area contributed by atoms with Gasteiger partial charge in [0.15, 0.2) is 0 Å². The minimum Gasteiger partial charge on any atom is -0.390 e. The highest BCUT2D eigenvalue weighted by Gasteiger charge is 2.35. The van der Waals surface area contributed by atoms with Crippen LogP contribution < -0.4 is 10.8 Å². The maximum Gasteiger partial charge on any atom is 0.126 e. The molecule has 0 aliphatic heterocycles. The summed E-state index contributed by atoms with van der Waals surface area (Å²) in [6, 6.07) is 11.7. The number of nitrogens with one attached hydrogen (secondary N) is 2. The highest BCUT2D eigenvalue weighted by atomic mass is 19.1. The Morgan fingerprint density at radius 1 is 1.03 bits per heavy atom. The normalized spacial score (nSPS) is 18.0. The first-order valence-corrected chi connectivity index (χ1v) is 12.5. The Morgan fingerprint density at radius 3 is 2.32 bits per heavy atom. The van der Waals surface area contributed by atoms with Crippen molar-refractivity contribution >= 4 is 0 Å². The smallest absolute Gasteiger partial charge is 0.126 e. The van der Waals surface area contributed by atoms with Crippen molar-refractivity contribution in [2.24, 2.45) is 0 Å². The number of benzene rings is 2. The van der Waals surface area contributed by atoms with Gasteiger partial charge in [-0.1, -0.05) is 64.3 Å². The molecule has 1 saturated carbocycles. The second kappa shape index (κ2) is 11.7. The number of hydroxylamine groups is 1. The van der Waals surface area contributed by atoms with Gasteiger partial charge in [-0.25, -0.2) is 8.78 Å². The zero-order valence-corrected chi connectivity index (χ0v) is 21.0. The molecule has 0 aromatic heterocycles. The molecule has 3 rings (SSSR count). The van der Waals surface area contributed by atoms with Gasteiger partial charge in [0.2, 0.25) is 0 Å². The van der Waals surface area contributed by atoms with Crippen LogP contribution in [0.2, 0.25) is 0 Å². The highest BCUT2D eigenvalue weighted by molar-refractivity contribution is 5.34. The number of halogens is 2. The summed E-state index contributed by atoms with van der Waals surface area (Å²) in [6.45, 7) is 9.25. The van der Waals surface area contributed by atoms with E-state index in [0.29, 0.717) is 18.7 Å². The molecule has 6 heteroatoms. The van der Waals surface area contributed by atoms with Gasteiger partial charge in [0.1, 0.15) is 11.6 Å². The standard InChI is InChI=1S/C28H40F2N2O2/c1-5-34-32-25(16-20-14-23(29)18-24(30)15-20)26(33)19-31-28(12-7-6-8-13-28)22-11-9-10-21(17-22)27(2,3)4/h9-11,14-15,17-18,25-26,31-33H,5-8,12-13,16,19H2,1-4H3/t25?,26-/m1/s1. The quantitative estimate of drug-likeness (QED) is 0.397. The van der Waals surface area contributed by atoms with E-state index in [0.717, 1.165) is 31.7 Å². The molecule has 0 radical (unpaired) electrons. The Kier molecular flexibility index (Phi) is 9.21. The number of hydrogen-bond acceptors (Lipinski definition) is 4. The number of aliphatic hydroxyl groups excluding tert-OH is 1. The first-order valence-electron chi connectivity index (χ1n) is 12.5. The third kappa shape index (κ3) is 7.08. The van der Waals surface area contributed by atoms with Crippen LogP contribution in [-0.2, 0) is 22.2 Å². The van der Waals surface area contributed by atoms with Crippen LogP contribution in [0.1, 0.15) is 76.5 Å². The molecular weight excluding hydrogens is 434 g/mol. The Bertz CT molecular complexity index is 903. The van der Waals surface area contributed by atoms with Crippen LogP contribution in [0.3, 0.4) is 0 Å². The van der Waals surface area contributed by atoms with Gasteiger partial charge in [-0.15, -0.1) is 0 Å². The molecule has 1 aliphatic carbocycles. The molecule has 0 saturated heterocycles. The Labute approximate surface area is 203 Å². The van der Waals surface area contributed by atoms with Gasteiger partial charge in [-0.05, 0) is 60.4 Å². The first-order chi connectivity index (χ1) is 16.1. The van der Waals surface area contributed by atoms with E-state index >= 15 is 0 Å². The molecule has 2 atom stereocenters. The summed E-state index contributed by atoms with van der Waals surface area (Å²) in [5, 5.41) is 14.8. The van der Waals surface area contributed by atoms with E-state index in [1.807, 2.05) is 6.92 Å². The van der Waals surface area contributed by atoms with Crippen LogP contribution in [0.25, 0.3) is 0 Å². The van der Waals surface area contributed by atoms with E-state index in [2.05, 4.69) is 55.8 Å². The lowest BCUT2D eigenvalue weighted by Crippen LogP contribution is -2.52. The summed E-state index contributed by atoms with van der Waals surface area (Å²) in [7, 11) is 0. The van der Waals surface area contributed by atoms with E-state index in [1.54, 1.807) is 0 Å². The molecule has 34 heavy (non-hydrogen) atoms. The monoisotopic (exact) mass is 474 g/mol. The third-order valence-corrected chi connectivity index (χ3v) is 6.86. The Balaban J connectivity index is 1.78. The number of hydrogen-bond donors (Lipinski definition) is 3. The summed E-state index contributed by atoms with van der Waals surface area (Å²) in [5.74, 6) is -1.25. The second-order valence-corrected chi connectivity index (χ2v) is 10.6. The molecule has 3 N–H and O–H groups in total. The predicted molar refractivity (Wildman–Crippen MR) is 133 cm³/mol. The van der Waals surface area contributed by atoms with E-state index in [1.165, 1.54) is 29.7 Å². The van der Waals surface area contributed by atoms with Crippen LogP contribution in [0.4, 0.5) is 8.78 Å². The molecule has 4 nitrogen and oxygen atoms in total. The summed E-state index contributed by atoms with van der Waals surface area (Å²) in [5.41, 5.74) is 5.76. The van der Waals surface area contributed by atoms with Crippen molar-refractivity contribution in [3.63, 3.8) is 0 Å². The van der Waals surface area contributed by atoms with Crippen LogP contribution in [-0.4, -0.2) is 30.4 Å². The molecule has 0 bridgehead atoms.